The van der Waals surface area contributed by atoms with E-state index in [0.717, 1.165) is 32.7 Å². The molecule has 0 unspecified atom stereocenters. The summed E-state index contributed by atoms with van der Waals surface area (Å²) in [5, 5.41) is 3.25. The SMILES string of the molecule is NCc1ccc(-c2csc(Cc3ccc(Br)cc3)n2)cc1. The van der Waals surface area contributed by atoms with Crippen LogP contribution >= 0.6 is 27.3 Å². The van der Waals surface area contributed by atoms with Crippen LogP contribution in [0, 0.1) is 0 Å². The lowest BCUT2D eigenvalue weighted by Crippen LogP contribution is -1.95. The van der Waals surface area contributed by atoms with Crippen molar-refractivity contribution in [3.63, 3.8) is 0 Å². The molecule has 106 valence electrons. The Hall–Kier alpha value is -1.49. The second-order valence-corrected chi connectivity index (χ2v) is 6.69. The summed E-state index contributed by atoms with van der Waals surface area (Å²) < 4.78 is 1.10. The number of rotatable bonds is 4. The van der Waals surface area contributed by atoms with Crippen molar-refractivity contribution in [3.8, 4) is 11.3 Å². The Morgan fingerprint density at radius 2 is 1.62 bits per heavy atom. The molecule has 0 saturated heterocycles. The molecule has 4 heteroatoms. The standard InChI is InChI=1S/C17H15BrN2S/c18-15-7-3-12(4-8-15)9-17-20-16(11-21-17)14-5-1-13(10-19)2-6-14/h1-8,11H,9-10,19H2. The van der Waals surface area contributed by atoms with Crippen LogP contribution in [0.3, 0.4) is 0 Å². The molecule has 0 atom stereocenters. The molecule has 0 aliphatic heterocycles. The van der Waals surface area contributed by atoms with E-state index in [4.69, 9.17) is 10.7 Å². The zero-order valence-electron chi connectivity index (χ0n) is 11.4. The number of hydrogen-bond donors (Lipinski definition) is 1. The van der Waals surface area contributed by atoms with Crippen molar-refractivity contribution in [2.24, 2.45) is 5.73 Å². The Morgan fingerprint density at radius 3 is 2.29 bits per heavy atom. The van der Waals surface area contributed by atoms with Gasteiger partial charge in [0.05, 0.1) is 10.7 Å². The lowest BCUT2D eigenvalue weighted by atomic mass is 10.1. The first-order chi connectivity index (χ1) is 10.2. The first kappa shape index (κ1) is 14.4. The van der Waals surface area contributed by atoms with Crippen LogP contribution < -0.4 is 5.73 Å². The van der Waals surface area contributed by atoms with Gasteiger partial charge in [0.25, 0.3) is 0 Å². The van der Waals surface area contributed by atoms with Crippen LogP contribution in [0.25, 0.3) is 11.3 Å². The van der Waals surface area contributed by atoms with Crippen molar-refractivity contribution in [1.82, 2.24) is 4.98 Å². The minimum absolute atomic E-state index is 0.576. The van der Waals surface area contributed by atoms with Gasteiger partial charge in [0.15, 0.2) is 0 Å². The van der Waals surface area contributed by atoms with Crippen LogP contribution in [0.4, 0.5) is 0 Å². The van der Waals surface area contributed by atoms with E-state index < -0.39 is 0 Å². The molecule has 0 amide bonds. The van der Waals surface area contributed by atoms with Gasteiger partial charge in [-0.2, -0.15) is 0 Å². The monoisotopic (exact) mass is 358 g/mol. The topological polar surface area (TPSA) is 38.9 Å². The molecule has 3 aromatic rings. The van der Waals surface area contributed by atoms with Crippen molar-refractivity contribution < 1.29 is 0 Å². The maximum atomic E-state index is 5.62. The average Bonchev–Trinajstić information content (AvgIpc) is 2.98. The molecule has 1 heterocycles. The maximum absolute atomic E-state index is 5.62. The van der Waals surface area contributed by atoms with E-state index in [1.165, 1.54) is 5.56 Å². The van der Waals surface area contributed by atoms with Gasteiger partial charge in [-0.1, -0.05) is 52.3 Å². The van der Waals surface area contributed by atoms with Gasteiger partial charge >= 0.3 is 0 Å². The third-order valence-electron chi connectivity index (χ3n) is 3.31. The van der Waals surface area contributed by atoms with Crippen molar-refractivity contribution in [1.29, 1.82) is 0 Å². The predicted octanol–water partition coefficient (Wildman–Crippen LogP) is 4.62. The molecule has 0 spiro atoms. The molecule has 2 N–H and O–H groups in total. The highest BCUT2D eigenvalue weighted by atomic mass is 79.9. The molecule has 0 radical (unpaired) electrons. The van der Waals surface area contributed by atoms with E-state index in [1.54, 1.807) is 11.3 Å². The van der Waals surface area contributed by atoms with Gasteiger partial charge in [-0.25, -0.2) is 4.98 Å². The van der Waals surface area contributed by atoms with Gasteiger partial charge in [0, 0.05) is 28.4 Å². The molecule has 21 heavy (non-hydrogen) atoms. The van der Waals surface area contributed by atoms with Crippen molar-refractivity contribution >= 4 is 27.3 Å². The minimum Gasteiger partial charge on any atom is -0.326 e. The zero-order chi connectivity index (χ0) is 14.7. The lowest BCUT2D eigenvalue weighted by Gasteiger charge is -2.00. The first-order valence-corrected chi connectivity index (χ1v) is 8.40. The van der Waals surface area contributed by atoms with Gasteiger partial charge in [0.1, 0.15) is 0 Å². The predicted molar refractivity (Wildman–Crippen MR) is 92.4 cm³/mol. The quantitative estimate of drug-likeness (QED) is 0.738. The van der Waals surface area contributed by atoms with E-state index in [1.807, 2.05) is 0 Å². The number of nitrogens with two attached hydrogens (primary N) is 1. The third kappa shape index (κ3) is 3.59. The average molecular weight is 359 g/mol. The molecule has 0 aliphatic rings. The van der Waals surface area contributed by atoms with Gasteiger partial charge in [0.2, 0.25) is 0 Å². The maximum Gasteiger partial charge on any atom is 0.0976 e. The molecule has 0 bridgehead atoms. The van der Waals surface area contributed by atoms with Crippen molar-refractivity contribution in [2.45, 2.75) is 13.0 Å². The number of benzene rings is 2. The number of thiazole rings is 1. The fraction of sp³-hybridized carbons (Fsp3) is 0.118. The zero-order valence-corrected chi connectivity index (χ0v) is 13.8. The summed E-state index contributed by atoms with van der Waals surface area (Å²) in [5.41, 5.74) is 10.2. The van der Waals surface area contributed by atoms with Gasteiger partial charge in [-0.05, 0) is 23.3 Å². The summed E-state index contributed by atoms with van der Waals surface area (Å²) in [5.74, 6) is 0. The Balaban J connectivity index is 1.77. The smallest absolute Gasteiger partial charge is 0.0976 e. The van der Waals surface area contributed by atoms with Crippen LogP contribution in [0.2, 0.25) is 0 Å². The fourth-order valence-corrected chi connectivity index (χ4v) is 3.21. The van der Waals surface area contributed by atoms with E-state index in [2.05, 4.69) is 69.8 Å². The molecule has 0 fully saturated rings. The molecule has 2 aromatic carbocycles. The molecular formula is C17H15BrN2S. The van der Waals surface area contributed by atoms with Crippen LogP contribution in [0.15, 0.2) is 58.4 Å². The number of hydrogen-bond acceptors (Lipinski definition) is 3. The number of halogens is 1. The van der Waals surface area contributed by atoms with E-state index in [-0.39, 0.29) is 0 Å². The Labute approximate surface area is 136 Å². The Morgan fingerprint density at radius 1 is 0.952 bits per heavy atom. The van der Waals surface area contributed by atoms with Crippen LogP contribution in [-0.4, -0.2) is 4.98 Å². The van der Waals surface area contributed by atoms with Gasteiger partial charge in [-0.15, -0.1) is 11.3 Å². The minimum atomic E-state index is 0.576. The molecule has 1 aromatic heterocycles. The van der Waals surface area contributed by atoms with Gasteiger partial charge < -0.3 is 5.73 Å². The number of nitrogens with zero attached hydrogens (tertiary/aromatic N) is 1. The molecule has 0 saturated carbocycles. The van der Waals surface area contributed by atoms with Crippen LogP contribution in [0.1, 0.15) is 16.1 Å². The highest BCUT2D eigenvalue weighted by molar-refractivity contribution is 9.10. The highest BCUT2D eigenvalue weighted by Crippen LogP contribution is 2.24. The first-order valence-electron chi connectivity index (χ1n) is 6.73. The summed E-state index contributed by atoms with van der Waals surface area (Å²) in [4.78, 5) is 4.73. The van der Waals surface area contributed by atoms with Crippen molar-refractivity contribution in [2.75, 3.05) is 0 Å². The van der Waals surface area contributed by atoms with E-state index in [9.17, 15) is 0 Å². The third-order valence-corrected chi connectivity index (χ3v) is 4.68. The lowest BCUT2D eigenvalue weighted by molar-refractivity contribution is 1.07. The van der Waals surface area contributed by atoms with Crippen LogP contribution in [-0.2, 0) is 13.0 Å². The second kappa shape index (κ2) is 6.52. The Bertz CT molecular complexity index is 717. The normalized spacial score (nSPS) is 10.8. The van der Waals surface area contributed by atoms with E-state index >= 15 is 0 Å². The molecule has 3 rings (SSSR count). The largest absolute Gasteiger partial charge is 0.326 e. The molecular weight excluding hydrogens is 344 g/mol. The summed E-state index contributed by atoms with van der Waals surface area (Å²) in [6.07, 6.45) is 0.874. The van der Waals surface area contributed by atoms with E-state index in [0.29, 0.717) is 6.54 Å². The molecule has 0 aliphatic carbocycles. The summed E-state index contributed by atoms with van der Waals surface area (Å²) in [7, 11) is 0. The molecule has 2 nitrogen and oxygen atoms in total. The van der Waals surface area contributed by atoms with Crippen molar-refractivity contribution in [3.05, 3.63) is 74.5 Å². The number of aromatic nitrogens is 1. The highest BCUT2D eigenvalue weighted by Gasteiger charge is 2.05. The fourth-order valence-electron chi connectivity index (χ4n) is 2.11. The summed E-state index contributed by atoms with van der Waals surface area (Å²) >= 11 is 5.16. The summed E-state index contributed by atoms with van der Waals surface area (Å²) in [6.45, 7) is 0.576. The summed E-state index contributed by atoms with van der Waals surface area (Å²) in [6, 6.07) is 16.7. The second-order valence-electron chi connectivity index (χ2n) is 4.83. The van der Waals surface area contributed by atoms with Gasteiger partial charge in [-0.3, -0.25) is 0 Å². The van der Waals surface area contributed by atoms with Crippen LogP contribution in [0.5, 0.6) is 0 Å². The Kier molecular flexibility index (Phi) is 4.48.